The normalized spacial score (nSPS) is 17.5. The van der Waals surface area contributed by atoms with Crippen molar-refractivity contribution in [1.82, 2.24) is 4.90 Å². The molecule has 1 fully saturated rings. The van der Waals surface area contributed by atoms with E-state index >= 15 is 0 Å². The molecule has 114 valence electrons. The zero-order chi connectivity index (χ0) is 15.4. The van der Waals surface area contributed by atoms with Gasteiger partial charge in [-0.05, 0) is 49.1 Å². The molecule has 3 rings (SSSR count). The number of benzene rings is 2. The van der Waals surface area contributed by atoms with Gasteiger partial charge in [-0.3, -0.25) is 0 Å². The molecule has 2 aromatic carbocycles. The van der Waals surface area contributed by atoms with Crippen molar-refractivity contribution in [2.75, 3.05) is 11.9 Å². The Kier molecular flexibility index (Phi) is 4.37. The Bertz CT molecular complexity index is 627. The van der Waals surface area contributed by atoms with Gasteiger partial charge in [-0.2, -0.15) is 0 Å². The summed E-state index contributed by atoms with van der Waals surface area (Å²) in [6, 6.07) is 16.2. The third-order valence-electron chi connectivity index (χ3n) is 4.05. The summed E-state index contributed by atoms with van der Waals surface area (Å²) < 4.78 is 12.9. The number of nitrogens with zero attached hydrogens (tertiary/aromatic N) is 1. The van der Waals surface area contributed by atoms with E-state index in [-0.39, 0.29) is 17.9 Å². The fraction of sp³-hybridized carbons (Fsp3) is 0.278. The van der Waals surface area contributed by atoms with E-state index in [1.165, 1.54) is 17.7 Å². The largest absolute Gasteiger partial charge is 0.322 e. The average Bonchev–Trinajstić information content (AvgIpc) is 2.99. The molecule has 0 spiro atoms. The van der Waals surface area contributed by atoms with Crippen LogP contribution < -0.4 is 5.32 Å². The van der Waals surface area contributed by atoms with Crippen LogP contribution in [-0.4, -0.2) is 23.5 Å². The summed E-state index contributed by atoms with van der Waals surface area (Å²) in [7, 11) is 0. The van der Waals surface area contributed by atoms with Crippen molar-refractivity contribution in [1.29, 1.82) is 0 Å². The van der Waals surface area contributed by atoms with Gasteiger partial charge in [0.15, 0.2) is 0 Å². The number of carbonyl (C=O) groups is 1. The average molecular weight is 298 g/mol. The molecule has 1 saturated heterocycles. The molecule has 4 heteroatoms. The van der Waals surface area contributed by atoms with Crippen molar-refractivity contribution in [2.24, 2.45) is 0 Å². The van der Waals surface area contributed by atoms with Gasteiger partial charge in [0.25, 0.3) is 0 Å². The van der Waals surface area contributed by atoms with Crippen molar-refractivity contribution in [2.45, 2.75) is 25.3 Å². The van der Waals surface area contributed by atoms with Crippen molar-refractivity contribution in [3.8, 4) is 0 Å². The van der Waals surface area contributed by atoms with Gasteiger partial charge in [-0.1, -0.05) is 30.3 Å². The van der Waals surface area contributed by atoms with Crippen molar-refractivity contribution in [3.05, 3.63) is 66.0 Å². The van der Waals surface area contributed by atoms with E-state index in [0.717, 1.165) is 25.8 Å². The topological polar surface area (TPSA) is 32.3 Å². The summed E-state index contributed by atoms with van der Waals surface area (Å²) >= 11 is 0. The number of nitrogens with one attached hydrogen (secondary N) is 1. The van der Waals surface area contributed by atoms with Crippen LogP contribution >= 0.6 is 0 Å². The maximum absolute atomic E-state index is 12.9. The van der Waals surface area contributed by atoms with E-state index in [4.69, 9.17) is 0 Å². The van der Waals surface area contributed by atoms with Crippen LogP contribution in [0.1, 0.15) is 18.4 Å². The van der Waals surface area contributed by atoms with Gasteiger partial charge in [0.2, 0.25) is 0 Å². The van der Waals surface area contributed by atoms with Crippen molar-refractivity contribution < 1.29 is 9.18 Å². The summed E-state index contributed by atoms with van der Waals surface area (Å²) in [5.74, 6) is -0.305. The molecule has 0 bridgehead atoms. The molecular weight excluding hydrogens is 279 g/mol. The van der Waals surface area contributed by atoms with Crippen LogP contribution in [0.2, 0.25) is 0 Å². The SMILES string of the molecule is O=C(Nc1ccc(F)cc1)N1CCCC1Cc1ccccc1. The van der Waals surface area contributed by atoms with E-state index in [0.29, 0.717) is 5.69 Å². The van der Waals surface area contributed by atoms with Gasteiger partial charge < -0.3 is 10.2 Å². The van der Waals surface area contributed by atoms with E-state index in [2.05, 4.69) is 17.4 Å². The van der Waals surface area contributed by atoms with Crippen molar-refractivity contribution in [3.63, 3.8) is 0 Å². The number of amides is 2. The van der Waals surface area contributed by atoms with Gasteiger partial charge in [0, 0.05) is 18.3 Å². The van der Waals surface area contributed by atoms with E-state index < -0.39 is 0 Å². The first-order valence-corrected chi connectivity index (χ1v) is 7.59. The Hall–Kier alpha value is -2.36. The van der Waals surface area contributed by atoms with Gasteiger partial charge in [0.1, 0.15) is 5.82 Å². The van der Waals surface area contributed by atoms with E-state index in [1.807, 2.05) is 23.1 Å². The first-order chi connectivity index (χ1) is 10.7. The second-order valence-electron chi connectivity index (χ2n) is 5.62. The number of rotatable bonds is 3. The minimum atomic E-state index is -0.305. The number of anilines is 1. The Morgan fingerprint density at radius 1 is 1.14 bits per heavy atom. The highest BCUT2D eigenvalue weighted by Gasteiger charge is 2.28. The molecule has 2 aromatic rings. The fourth-order valence-electron chi connectivity index (χ4n) is 2.93. The third kappa shape index (κ3) is 3.45. The molecule has 2 amide bonds. The Morgan fingerprint density at radius 2 is 1.86 bits per heavy atom. The summed E-state index contributed by atoms with van der Waals surface area (Å²) in [6.07, 6.45) is 2.91. The fourth-order valence-corrected chi connectivity index (χ4v) is 2.93. The smallest absolute Gasteiger partial charge is 0.321 e. The van der Waals surface area contributed by atoms with Crippen LogP contribution in [0, 0.1) is 5.82 Å². The molecule has 0 aliphatic carbocycles. The Balaban J connectivity index is 1.64. The molecule has 1 atom stereocenters. The number of carbonyl (C=O) groups excluding carboxylic acids is 1. The van der Waals surface area contributed by atoms with E-state index in [1.54, 1.807) is 12.1 Å². The van der Waals surface area contributed by atoms with Crippen LogP contribution in [0.3, 0.4) is 0 Å². The Morgan fingerprint density at radius 3 is 2.59 bits per heavy atom. The molecule has 22 heavy (non-hydrogen) atoms. The predicted molar refractivity (Wildman–Crippen MR) is 85.3 cm³/mol. The second kappa shape index (κ2) is 6.60. The Labute approximate surface area is 129 Å². The number of hydrogen-bond donors (Lipinski definition) is 1. The highest BCUT2D eigenvalue weighted by molar-refractivity contribution is 5.89. The highest BCUT2D eigenvalue weighted by Crippen LogP contribution is 2.22. The summed E-state index contributed by atoms with van der Waals surface area (Å²) in [5, 5.41) is 2.85. The number of likely N-dealkylation sites (tertiary alicyclic amines) is 1. The lowest BCUT2D eigenvalue weighted by Gasteiger charge is -2.25. The summed E-state index contributed by atoms with van der Waals surface area (Å²) in [5.41, 5.74) is 1.87. The maximum Gasteiger partial charge on any atom is 0.322 e. The lowest BCUT2D eigenvalue weighted by Crippen LogP contribution is -2.39. The quantitative estimate of drug-likeness (QED) is 0.910. The van der Waals surface area contributed by atoms with Gasteiger partial charge >= 0.3 is 6.03 Å². The molecule has 3 nitrogen and oxygen atoms in total. The monoisotopic (exact) mass is 298 g/mol. The lowest BCUT2D eigenvalue weighted by molar-refractivity contribution is 0.206. The van der Waals surface area contributed by atoms with Crippen LogP contribution in [-0.2, 0) is 6.42 Å². The zero-order valence-electron chi connectivity index (χ0n) is 12.3. The van der Waals surface area contributed by atoms with Gasteiger partial charge in [-0.25, -0.2) is 9.18 Å². The first kappa shape index (κ1) is 14.6. The molecular formula is C18H19FN2O. The predicted octanol–water partition coefficient (Wildman–Crippen LogP) is 4.06. The van der Waals surface area contributed by atoms with Crippen LogP contribution in [0.5, 0.6) is 0 Å². The van der Waals surface area contributed by atoms with Crippen molar-refractivity contribution >= 4 is 11.7 Å². The molecule has 0 saturated carbocycles. The number of hydrogen-bond acceptors (Lipinski definition) is 1. The minimum Gasteiger partial charge on any atom is -0.321 e. The molecule has 0 radical (unpaired) electrons. The summed E-state index contributed by atoms with van der Waals surface area (Å²) in [4.78, 5) is 14.3. The zero-order valence-corrected chi connectivity index (χ0v) is 12.3. The molecule has 1 heterocycles. The maximum atomic E-state index is 12.9. The molecule has 1 N–H and O–H groups in total. The molecule has 0 aromatic heterocycles. The second-order valence-corrected chi connectivity index (χ2v) is 5.62. The minimum absolute atomic E-state index is 0.106. The van der Waals surface area contributed by atoms with Crippen LogP contribution in [0.15, 0.2) is 54.6 Å². The third-order valence-corrected chi connectivity index (χ3v) is 4.05. The molecule has 1 aliphatic heterocycles. The molecule has 1 aliphatic rings. The van der Waals surface area contributed by atoms with Crippen LogP contribution in [0.4, 0.5) is 14.9 Å². The lowest BCUT2D eigenvalue weighted by atomic mass is 10.0. The van der Waals surface area contributed by atoms with Gasteiger partial charge in [-0.15, -0.1) is 0 Å². The van der Waals surface area contributed by atoms with Gasteiger partial charge in [0.05, 0.1) is 0 Å². The molecule has 1 unspecified atom stereocenters. The number of halogens is 1. The highest BCUT2D eigenvalue weighted by atomic mass is 19.1. The number of urea groups is 1. The standard InChI is InChI=1S/C18H19FN2O/c19-15-8-10-16(11-9-15)20-18(22)21-12-4-7-17(21)13-14-5-2-1-3-6-14/h1-3,5-6,8-11,17H,4,7,12-13H2,(H,20,22). The summed E-state index contributed by atoms with van der Waals surface area (Å²) in [6.45, 7) is 0.768. The first-order valence-electron chi connectivity index (χ1n) is 7.59. The van der Waals surface area contributed by atoms with E-state index in [9.17, 15) is 9.18 Å². The van der Waals surface area contributed by atoms with Crippen LogP contribution in [0.25, 0.3) is 0 Å².